The standard InChI is InChI=1S/C18H28N4.HI/c1-3-19-18(21-16-9-10-16)20-14(2)15-7-6-8-17(13-15)22-11-4-5-12-22;/h6-8,13-14,16H,3-5,9-12H2,1-2H3,(H2,19,20,21);1H. The number of aliphatic imine (C=N–C) groups is 1. The van der Waals surface area contributed by atoms with Gasteiger partial charge in [0.1, 0.15) is 0 Å². The quantitative estimate of drug-likeness (QED) is 0.427. The maximum absolute atomic E-state index is 4.55. The molecule has 128 valence electrons. The van der Waals surface area contributed by atoms with E-state index in [4.69, 9.17) is 0 Å². The van der Waals surface area contributed by atoms with Crippen LogP contribution in [-0.2, 0) is 0 Å². The van der Waals surface area contributed by atoms with Gasteiger partial charge in [-0.15, -0.1) is 24.0 Å². The van der Waals surface area contributed by atoms with Crippen LogP contribution in [0.25, 0.3) is 0 Å². The normalized spacial score (nSPS) is 19.2. The first kappa shape index (κ1) is 18.4. The van der Waals surface area contributed by atoms with E-state index in [2.05, 4.69) is 58.6 Å². The first-order valence-electron chi connectivity index (χ1n) is 8.68. The Morgan fingerprint density at radius 2 is 2.04 bits per heavy atom. The number of nitrogens with zero attached hydrogens (tertiary/aromatic N) is 2. The highest BCUT2D eigenvalue weighted by atomic mass is 127. The van der Waals surface area contributed by atoms with Crippen LogP contribution in [0.3, 0.4) is 0 Å². The average molecular weight is 428 g/mol. The SMILES string of the molecule is CCN=C(NC1CC1)NC(C)c1cccc(N2CCCC2)c1.I. The van der Waals surface area contributed by atoms with Crippen LogP contribution >= 0.6 is 24.0 Å². The molecule has 2 aliphatic rings. The molecule has 1 atom stereocenters. The van der Waals surface area contributed by atoms with E-state index in [1.54, 1.807) is 0 Å². The minimum absolute atomic E-state index is 0. The van der Waals surface area contributed by atoms with Crippen molar-refractivity contribution >= 4 is 35.6 Å². The van der Waals surface area contributed by atoms with Crippen LogP contribution in [0.2, 0.25) is 0 Å². The van der Waals surface area contributed by atoms with Gasteiger partial charge in [0.25, 0.3) is 0 Å². The highest BCUT2D eigenvalue weighted by Gasteiger charge is 2.23. The summed E-state index contributed by atoms with van der Waals surface area (Å²) in [6.07, 6.45) is 5.17. The van der Waals surface area contributed by atoms with E-state index < -0.39 is 0 Å². The van der Waals surface area contributed by atoms with Gasteiger partial charge in [-0.05, 0) is 57.2 Å². The number of anilines is 1. The van der Waals surface area contributed by atoms with E-state index in [-0.39, 0.29) is 30.0 Å². The van der Waals surface area contributed by atoms with Crippen molar-refractivity contribution in [3.8, 4) is 0 Å². The molecule has 4 nitrogen and oxygen atoms in total. The highest BCUT2D eigenvalue weighted by Crippen LogP contribution is 2.24. The molecule has 23 heavy (non-hydrogen) atoms. The maximum atomic E-state index is 4.55. The molecule has 1 unspecified atom stereocenters. The van der Waals surface area contributed by atoms with Crippen molar-refractivity contribution in [2.45, 2.75) is 51.6 Å². The van der Waals surface area contributed by atoms with Gasteiger partial charge in [0.15, 0.2) is 5.96 Å². The van der Waals surface area contributed by atoms with Crippen LogP contribution in [0.5, 0.6) is 0 Å². The van der Waals surface area contributed by atoms with E-state index in [9.17, 15) is 0 Å². The second-order valence-corrected chi connectivity index (χ2v) is 6.40. The molecule has 1 aliphatic heterocycles. The fraction of sp³-hybridized carbons (Fsp3) is 0.611. The molecular formula is C18H29IN4. The number of benzene rings is 1. The van der Waals surface area contributed by atoms with Crippen LogP contribution < -0.4 is 15.5 Å². The molecule has 3 rings (SSSR count). The van der Waals surface area contributed by atoms with Crippen molar-refractivity contribution in [3.05, 3.63) is 29.8 Å². The number of hydrogen-bond acceptors (Lipinski definition) is 2. The van der Waals surface area contributed by atoms with E-state index in [0.717, 1.165) is 12.5 Å². The van der Waals surface area contributed by atoms with Crippen molar-refractivity contribution < 1.29 is 0 Å². The lowest BCUT2D eigenvalue weighted by molar-refractivity contribution is 0.681. The molecular weight excluding hydrogens is 399 g/mol. The fourth-order valence-corrected chi connectivity index (χ4v) is 2.97. The molecule has 2 fully saturated rings. The Bertz CT molecular complexity index is 522. The molecule has 1 heterocycles. The molecule has 5 heteroatoms. The van der Waals surface area contributed by atoms with E-state index in [1.807, 2.05) is 0 Å². The zero-order chi connectivity index (χ0) is 15.4. The molecule has 0 radical (unpaired) electrons. The van der Waals surface area contributed by atoms with Gasteiger partial charge in [-0.25, -0.2) is 0 Å². The van der Waals surface area contributed by atoms with Gasteiger partial charge in [-0.1, -0.05) is 12.1 Å². The van der Waals surface area contributed by atoms with Crippen LogP contribution in [-0.4, -0.2) is 31.6 Å². The predicted octanol–water partition coefficient (Wildman–Crippen LogP) is 3.68. The average Bonchev–Trinajstić information content (AvgIpc) is 3.17. The summed E-state index contributed by atoms with van der Waals surface area (Å²) in [5.41, 5.74) is 2.68. The molecule has 1 aliphatic carbocycles. The molecule has 1 aromatic carbocycles. The summed E-state index contributed by atoms with van der Waals surface area (Å²) in [4.78, 5) is 7.04. The summed E-state index contributed by atoms with van der Waals surface area (Å²) >= 11 is 0. The summed E-state index contributed by atoms with van der Waals surface area (Å²) in [5.74, 6) is 0.948. The minimum Gasteiger partial charge on any atom is -0.372 e. The van der Waals surface area contributed by atoms with Crippen LogP contribution in [0, 0.1) is 0 Å². The van der Waals surface area contributed by atoms with Gasteiger partial charge in [0.05, 0.1) is 6.04 Å². The van der Waals surface area contributed by atoms with E-state index >= 15 is 0 Å². The third-order valence-electron chi connectivity index (χ3n) is 4.43. The lowest BCUT2D eigenvalue weighted by Gasteiger charge is -2.22. The summed E-state index contributed by atoms with van der Waals surface area (Å²) in [7, 11) is 0. The third-order valence-corrected chi connectivity index (χ3v) is 4.43. The second kappa shape index (κ2) is 8.76. The Morgan fingerprint density at radius 1 is 1.30 bits per heavy atom. The van der Waals surface area contributed by atoms with Crippen LogP contribution in [0.4, 0.5) is 5.69 Å². The Balaban J connectivity index is 0.00000192. The number of nitrogens with one attached hydrogen (secondary N) is 2. The van der Waals surface area contributed by atoms with Crippen molar-refractivity contribution in [1.29, 1.82) is 0 Å². The first-order chi connectivity index (χ1) is 10.8. The molecule has 1 saturated carbocycles. The van der Waals surface area contributed by atoms with Gasteiger partial charge in [0, 0.05) is 31.4 Å². The zero-order valence-electron chi connectivity index (χ0n) is 14.2. The molecule has 0 bridgehead atoms. The van der Waals surface area contributed by atoms with Crippen molar-refractivity contribution in [1.82, 2.24) is 10.6 Å². The topological polar surface area (TPSA) is 39.7 Å². The second-order valence-electron chi connectivity index (χ2n) is 6.40. The number of guanidine groups is 1. The zero-order valence-corrected chi connectivity index (χ0v) is 16.5. The maximum Gasteiger partial charge on any atom is 0.191 e. The largest absolute Gasteiger partial charge is 0.372 e. The van der Waals surface area contributed by atoms with Gasteiger partial charge >= 0.3 is 0 Å². The minimum atomic E-state index is 0. The van der Waals surface area contributed by atoms with Gasteiger partial charge < -0.3 is 15.5 Å². The molecule has 0 amide bonds. The molecule has 2 N–H and O–H groups in total. The van der Waals surface area contributed by atoms with Crippen LogP contribution in [0.1, 0.15) is 51.1 Å². The third kappa shape index (κ3) is 5.26. The summed E-state index contributed by atoms with van der Waals surface area (Å²) in [5, 5.41) is 7.03. The van der Waals surface area contributed by atoms with Gasteiger partial charge in [-0.2, -0.15) is 0 Å². The van der Waals surface area contributed by atoms with Crippen LogP contribution in [0.15, 0.2) is 29.3 Å². The smallest absolute Gasteiger partial charge is 0.191 e. The van der Waals surface area contributed by atoms with Gasteiger partial charge in [0.2, 0.25) is 0 Å². The molecule has 0 aromatic heterocycles. The van der Waals surface area contributed by atoms with Gasteiger partial charge in [-0.3, -0.25) is 4.99 Å². The first-order valence-corrected chi connectivity index (χ1v) is 8.68. The monoisotopic (exact) mass is 428 g/mol. The number of rotatable bonds is 5. The lowest BCUT2D eigenvalue weighted by Crippen LogP contribution is -2.40. The summed E-state index contributed by atoms with van der Waals surface area (Å²) in [6.45, 7) is 7.48. The van der Waals surface area contributed by atoms with E-state index in [0.29, 0.717) is 6.04 Å². The lowest BCUT2D eigenvalue weighted by atomic mass is 10.1. The Morgan fingerprint density at radius 3 is 2.70 bits per heavy atom. The fourth-order valence-electron chi connectivity index (χ4n) is 2.97. The number of halogens is 1. The molecule has 1 saturated heterocycles. The Kier molecular flexibility index (Phi) is 6.99. The Labute approximate surface area is 157 Å². The summed E-state index contributed by atoms with van der Waals surface area (Å²) < 4.78 is 0. The van der Waals surface area contributed by atoms with Crippen molar-refractivity contribution in [2.75, 3.05) is 24.5 Å². The Hall–Kier alpha value is -0.980. The summed E-state index contributed by atoms with van der Waals surface area (Å²) in [6, 6.07) is 9.82. The number of hydrogen-bond donors (Lipinski definition) is 2. The molecule has 1 aromatic rings. The van der Waals surface area contributed by atoms with Crippen molar-refractivity contribution in [2.24, 2.45) is 4.99 Å². The van der Waals surface area contributed by atoms with E-state index in [1.165, 1.54) is 50.0 Å². The molecule has 0 spiro atoms. The highest BCUT2D eigenvalue weighted by molar-refractivity contribution is 14.0. The predicted molar refractivity (Wildman–Crippen MR) is 109 cm³/mol. The van der Waals surface area contributed by atoms with Crippen molar-refractivity contribution in [3.63, 3.8) is 0 Å².